The summed E-state index contributed by atoms with van der Waals surface area (Å²) in [6.07, 6.45) is 6.54. The molecular formula is C12H15NO2S. The van der Waals surface area contributed by atoms with Gasteiger partial charge in [-0.2, -0.15) is 0 Å². The van der Waals surface area contributed by atoms with E-state index in [2.05, 4.69) is 11.1 Å². The Labute approximate surface area is 99.2 Å². The Balaban J connectivity index is 1.97. The van der Waals surface area contributed by atoms with E-state index in [-0.39, 0.29) is 11.9 Å². The van der Waals surface area contributed by atoms with Gasteiger partial charge in [0.25, 0.3) is 0 Å². The summed E-state index contributed by atoms with van der Waals surface area (Å²) < 4.78 is 5.03. The van der Waals surface area contributed by atoms with Crippen LogP contribution in [0.1, 0.15) is 31.2 Å². The van der Waals surface area contributed by atoms with Gasteiger partial charge in [-0.15, -0.1) is 11.3 Å². The zero-order valence-electron chi connectivity index (χ0n) is 9.31. The van der Waals surface area contributed by atoms with Crippen LogP contribution in [0.25, 0.3) is 5.57 Å². The second-order valence-corrected chi connectivity index (χ2v) is 4.68. The van der Waals surface area contributed by atoms with Crippen LogP contribution in [0.15, 0.2) is 17.7 Å². The predicted octanol–water partition coefficient (Wildman–Crippen LogP) is 2.89. The Kier molecular flexibility index (Phi) is 3.72. The molecule has 0 amide bonds. The molecule has 1 unspecified atom stereocenters. The van der Waals surface area contributed by atoms with Crippen LogP contribution in [-0.4, -0.2) is 17.6 Å². The maximum atomic E-state index is 11.5. The molecule has 0 bridgehead atoms. The smallest absolute Gasteiger partial charge is 0.309 e. The summed E-state index contributed by atoms with van der Waals surface area (Å²) in [5.41, 5.74) is 1.27. The van der Waals surface area contributed by atoms with Crippen molar-refractivity contribution in [1.29, 1.82) is 0 Å². The number of hydrogen-bond acceptors (Lipinski definition) is 4. The maximum Gasteiger partial charge on any atom is 0.309 e. The first-order valence-corrected chi connectivity index (χ1v) is 6.44. The number of rotatable bonds is 3. The molecule has 0 spiro atoms. The number of carbonyl (C=O) groups excluding carboxylic acids is 1. The van der Waals surface area contributed by atoms with Crippen LogP contribution in [0, 0.1) is 5.92 Å². The third-order valence-electron chi connectivity index (χ3n) is 2.74. The average molecular weight is 237 g/mol. The first-order chi connectivity index (χ1) is 7.81. The summed E-state index contributed by atoms with van der Waals surface area (Å²) in [5.74, 6) is -0.0133. The number of aromatic nitrogens is 1. The lowest BCUT2D eigenvalue weighted by molar-refractivity contribution is -0.148. The number of carbonyl (C=O) groups is 1. The number of esters is 1. The summed E-state index contributed by atoms with van der Waals surface area (Å²) in [6.45, 7) is 2.32. The van der Waals surface area contributed by atoms with E-state index in [9.17, 15) is 4.79 Å². The van der Waals surface area contributed by atoms with Gasteiger partial charge in [0.2, 0.25) is 0 Å². The van der Waals surface area contributed by atoms with Crippen molar-refractivity contribution in [1.82, 2.24) is 4.98 Å². The lowest BCUT2D eigenvalue weighted by Crippen LogP contribution is -2.19. The van der Waals surface area contributed by atoms with E-state index >= 15 is 0 Å². The molecule has 1 aromatic rings. The van der Waals surface area contributed by atoms with Crippen molar-refractivity contribution in [3.8, 4) is 0 Å². The molecule has 0 radical (unpaired) electrons. The molecule has 0 saturated heterocycles. The van der Waals surface area contributed by atoms with Gasteiger partial charge in [0.1, 0.15) is 5.01 Å². The summed E-state index contributed by atoms with van der Waals surface area (Å²) >= 11 is 1.65. The Bertz CT molecular complexity index is 384. The normalized spacial score (nSPS) is 20.3. The largest absolute Gasteiger partial charge is 0.466 e. The van der Waals surface area contributed by atoms with Crippen LogP contribution in [0.2, 0.25) is 0 Å². The lowest BCUT2D eigenvalue weighted by atomic mass is 9.90. The SMILES string of the molecule is CCOC(=O)C1CC=C(c2nccs2)CC1. The minimum absolute atomic E-state index is 0.0451. The highest BCUT2D eigenvalue weighted by Crippen LogP contribution is 2.31. The summed E-state index contributed by atoms with van der Waals surface area (Å²) in [5, 5.41) is 3.07. The molecule has 0 aromatic carbocycles. The second-order valence-electron chi connectivity index (χ2n) is 3.79. The molecule has 86 valence electrons. The number of allylic oxidation sites excluding steroid dienone is 2. The van der Waals surface area contributed by atoms with Crippen molar-refractivity contribution >= 4 is 22.9 Å². The number of thiazole rings is 1. The Hall–Kier alpha value is -1.16. The zero-order chi connectivity index (χ0) is 11.4. The highest BCUT2D eigenvalue weighted by Gasteiger charge is 2.23. The van der Waals surface area contributed by atoms with E-state index in [1.165, 1.54) is 5.57 Å². The zero-order valence-corrected chi connectivity index (χ0v) is 10.1. The van der Waals surface area contributed by atoms with Gasteiger partial charge >= 0.3 is 5.97 Å². The molecule has 16 heavy (non-hydrogen) atoms. The van der Waals surface area contributed by atoms with E-state index in [0.29, 0.717) is 6.61 Å². The minimum Gasteiger partial charge on any atom is -0.466 e. The van der Waals surface area contributed by atoms with Crippen LogP contribution in [0.5, 0.6) is 0 Å². The van der Waals surface area contributed by atoms with Crippen molar-refractivity contribution in [3.63, 3.8) is 0 Å². The standard InChI is InChI=1S/C12H15NO2S/c1-2-15-12(14)10-5-3-9(4-6-10)11-13-7-8-16-11/h3,7-8,10H,2,4-6H2,1H3. The fourth-order valence-corrected chi connectivity index (χ4v) is 2.59. The molecule has 0 aliphatic heterocycles. The first-order valence-electron chi connectivity index (χ1n) is 5.56. The molecule has 1 heterocycles. The van der Waals surface area contributed by atoms with E-state index in [1.54, 1.807) is 11.3 Å². The van der Waals surface area contributed by atoms with E-state index in [4.69, 9.17) is 4.74 Å². The van der Waals surface area contributed by atoms with Crippen LogP contribution >= 0.6 is 11.3 Å². The fraction of sp³-hybridized carbons (Fsp3) is 0.500. The van der Waals surface area contributed by atoms with Crippen LogP contribution < -0.4 is 0 Å². The van der Waals surface area contributed by atoms with E-state index in [1.807, 2.05) is 18.5 Å². The van der Waals surface area contributed by atoms with Gasteiger partial charge in [-0.3, -0.25) is 4.79 Å². The maximum absolute atomic E-state index is 11.5. The van der Waals surface area contributed by atoms with Crippen LogP contribution in [-0.2, 0) is 9.53 Å². The third-order valence-corrected chi connectivity index (χ3v) is 3.59. The van der Waals surface area contributed by atoms with Crippen LogP contribution in [0.3, 0.4) is 0 Å². The van der Waals surface area contributed by atoms with Crippen molar-refractivity contribution in [2.45, 2.75) is 26.2 Å². The minimum atomic E-state index is -0.0584. The highest BCUT2D eigenvalue weighted by molar-refractivity contribution is 7.10. The molecule has 4 heteroatoms. The first kappa shape index (κ1) is 11.3. The van der Waals surface area contributed by atoms with Crippen molar-refractivity contribution in [2.24, 2.45) is 5.92 Å². The van der Waals surface area contributed by atoms with Gasteiger partial charge in [-0.1, -0.05) is 6.08 Å². The molecule has 1 atom stereocenters. The van der Waals surface area contributed by atoms with Gasteiger partial charge in [0, 0.05) is 11.6 Å². The Morgan fingerprint density at radius 1 is 1.69 bits per heavy atom. The molecule has 1 aliphatic rings. The van der Waals surface area contributed by atoms with Crippen molar-refractivity contribution in [2.75, 3.05) is 6.61 Å². The van der Waals surface area contributed by atoms with Gasteiger partial charge in [0.05, 0.1) is 12.5 Å². The molecule has 2 rings (SSSR count). The summed E-state index contributed by atoms with van der Waals surface area (Å²) in [6, 6.07) is 0. The second kappa shape index (κ2) is 5.25. The van der Waals surface area contributed by atoms with E-state index in [0.717, 1.165) is 24.3 Å². The Morgan fingerprint density at radius 3 is 3.12 bits per heavy atom. The molecule has 0 fully saturated rings. The molecule has 0 saturated carbocycles. The van der Waals surface area contributed by atoms with E-state index < -0.39 is 0 Å². The van der Waals surface area contributed by atoms with Crippen molar-refractivity contribution < 1.29 is 9.53 Å². The molecule has 0 N–H and O–H groups in total. The molecule has 1 aliphatic carbocycles. The highest BCUT2D eigenvalue weighted by atomic mass is 32.1. The lowest BCUT2D eigenvalue weighted by Gasteiger charge is -2.19. The molecular weight excluding hydrogens is 222 g/mol. The quantitative estimate of drug-likeness (QED) is 0.759. The monoisotopic (exact) mass is 237 g/mol. The van der Waals surface area contributed by atoms with Crippen molar-refractivity contribution in [3.05, 3.63) is 22.7 Å². The summed E-state index contributed by atoms with van der Waals surface area (Å²) in [7, 11) is 0. The molecule has 1 aromatic heterocycles. The number of nitrogens with zero attached hydrogens (tertiary/aromatic N) is 1. The van der Waals surface area contributed by atoms with Gasteiger partial charge in [-0.05, 0) is 31.8 Å². The Morgan fingerprint density at radius 2 is 2.56 bits per heavy atom. The topological polar surface area (TPSA) is 39.2 Å². The number of hydrogen-bond donors (Lipinski definition) is 0. The predicted molar refractivity (Wildman–Crippen MR) is 64.1 cm³/mol. The number of ether oxygens (including phenoxy) is 1. The molecule has 3 nitrogen and oxygen atoms in total. The van der Waals surface area contributed by atoms with Gasteiger partial charge in [0.15, 0.2) is 0 Å². The van der Waals surface area contributed by atoms with Crippen LogP contribution in [0.4, 0.5) is 0 Å². The third kappa shape index (κ3) is 2.50. The fourth-order valence-electron chi connectivity index (χ4n) is 1.88. The average Bonchev–Trinajstić information content (AvgIpc) is 2.83. The van der Waals surface area contributed by atoms with Gasteiger partial charge in [-0.25, -0.2) is 4.98 Å². The summed E-state index contributed by atoms with van der Waals surface area (Å²) in [4.78, 5) is 15.8. The van der Waals surface area contributed by atoms with Gasteiger partial charge < -0.3 is 4.74 Å².